The first-order valence-electron chi connectivity index (χ1n) is 7.97. The molecular weight excluding hydrogens is 336 g/mol. The standard InChI is InChI=1S/C19H18N2O3S/c22-18(20-11-5-12-24-14-6-2-1-3-7-14)15-9-10-16(21-19(15)23)17-8-4-13-25-17/h1-4,6-10,13H,5,11-12H2,(H,20,22)(H,21,23). The number of carbonyl (C=O) groups is 1. The Labute approximate surface area is 149 Å². The fraction of sp³-hybridized carbons (Fsp3) is 0.158. The van der Waals surface area contributed by atoms with Crippen LogP contribution in [0.15, 0.2) is 64.8 Å². The van der Waals surface area contributed by atoms with Crippen molar-refractivity contribution in [3.05, 3.63) is 75.9 Å². The molecule has 0 saturated carbocycles. The number of benzene rings is 1. The highest BCUT2D eigenvalue weighted by atomic mass is 32.1. The first-order chi connectivity index (χ1) is 12.2. The van der Waals surface area contributed by atoms with Gasteiger partial charge in [-0.1, -0.05) is 24.3 Å². The smallest absolute Gasteiger partial charge is 0.261 e. The summed E-state index contributed by atoms with van der Waals surface area (Å²) in [6.07, 6.45) is 0.659. The second-order valence-corrected chi connectivity index (χ2v) is 6.31. The van der Waals surface area contributed by atoms with Crippen LogP contribution < -0.4 is 15.6 Å². The third-order valence-corrected chi connectivity index (χ3v) is 4.46. The molecule has 0 fully saturated rings. The molecule has 0 atom stereocenters. The third-order valence-electron chi connectivity index (χ3n) is 3.56. The molecule has 1 amide bonds. The summed E-state index contributed by atoms with van der Waals surface area (Å²) in [5.74, 6) is 0.424. The molecule has 0 radical (unpaired) electrons. The van der Waals surface area contributed by atoms with E-state index in [0.29, 0.717) is 25.3 Å². The molecular formula is C19H18N2O3S. The van der Waals surface area contributed by atoms with Gasteiger partial charge in [0.05, 0.1) is 17.2 Å². The van der Waals surface area contributed by atoms with Crippen molar-refractivity contribution in [3.8, 4) is 16.3 Å². The van der Waals surface area contributed by atoms with Gasteiger partial charge in [-0.15, -0.1) is 11.3 Å². The minimum Gasteiger partial charge on any atom is -0.494 e. The lowest BCUT2D eigenvalue weighted by Crippen LogP contribution is -2.30. The topological polar surface area (TPSA) is 71.2 Å². The number of rotatable bonds is 7. The maximum atomic E-state index is 12.1. The molecule has 0 bridgehead atoms. The Morgan fingerprint density at radius 2 is 1.92 bits per heavy atom. The summed E-state index contributed by atoms with van der Waals surface area (Å²) in [5.41, 5.74) is 0.445. The van der Waals surface area contributed by atoms with E-state index in [1.165, 1.54) is 11.3 Å². The number of carbonyl (C=O) groups excluding carboxylic acids is 1. The summed E-state index contributed by atoms with van der Waals surface area (Å²) < 4.78 is 5.56. The van der Waals surface area contributed by atoms with Crippen LogP contribution >= 0.6 is 11.3 Å². The molecule has 0 unspecified atom stereocenters. The van der Waals surface area contributed by atoms with Crippen molar-refractivity contribution in [1.82, 2.24) is 10.3 Å². The Kier molecular flexibility index (Phi) is 5.64. The molecule has 3 aromatic rings. The van der Waals surface area contributed by atoms with E-state index in [9.17, 15) is 9.59 Å². The van der Waals surface area contributed by atoms with Gasteiger partial charge in [0.1, 0.15) is 11.3 Å². The third kappa shape index (κ3) is 4.58. The molecule has 1 aromatic carbocycles. The highest BCUT2D eigenvalue weighted by Gasteiger charge is 2.11. The van der Waals surface area contributed by atoms with Gasteiger partial charge in [0.2, 0.25) is 0 Å². The Balaban J connectivity index is 1.49. The molecule has 0 aliphatic carbocycles. The molecule has 0 aliphatic rings. The molecule has 0 aliphatic heterocycles. The monoisotopic (exact) mass is 354 g/mol. The van der Waals surface area contributed by atoms with Crippen molar-refractivity contribution in [3.63, 3.8) is 0 Å². The second kappa shape index (κ2) is 8.30. The lowest BCUT2D eigenvalue weighted by Gasteiger charge is -2.07. The van der Waals surface area contributed by atoms with Gasteiger partial charge in [0.25, 0.3) is 11.5 Å². The summed E-state index contributed by atoms with van der Waals surface area (Å²) in [6, 6.07) is 16.6. The van der Waals surface area contributed by atoms with Crippen LogP contribution in [-0.2, 0) is 0 Å². The zero-order valence-electron chi connectivity index (χ0n) is 13.5. The van der Waals surface area contributed by atoms with E-state index < -0.39 is 0 Å². The van der Waals surface area contributed by atoms with E-state index in [-0.39, 0.29) is 17.0 Å². The van der Waals surface area contributed by atoms with E-state index in [1.807, 2.05) is 47.8 Å². The maximum Gasteiger partial charge on any atom is 0.261 e. The normalized spacial score (nSPS) is 10.4. The Morgan fingerprint density at radius 3 is 2.64 bits per heavy atom. The molecule has 25 heavy (non-hydrogen) atoms. The fourth-order valence-corrected chi connectivity index (χ4v) is 3.01. The Hall–Kier alpha value is -2.86. The molecule has 2 N–H and O–H groups in total. The van der Waals surface area contributed by atoms with Crippen LogP contribution in [-0.4, -0.2) is 24.0 Å². The molecule has 0 saturated heterocycles. The summed E-state index contributed by atoms with van der Waals surface area (Å²) in [4.78, 5) is 28.0. The molecule has 3 rings (SSSR count). The van der Waals surface area contributed by atoms with E-state index >= 15 is 0 Å². The largest absolute Gasteiger partial charge is 0.494 e. The summed E-state index contributed by atoms with van der Waals surface area (Å²) >= 11 is 1.53. The molecule has 0 spiro atoms. The van der Waals surface area contributed by atoms with Gasteiger partial charge in [-0.3, -0.25) is 9.59 Å². The molecule has 5 nitrogen and oxygen atoms in total. The minimum atomic E-state index is -0.385. The van der Waals surface area contributed by atoms with Crippen LogP contribution in [0.25, 0.3) is 10.6 Å². The Morgan fingerprint density at radius 1 is 1.08 bits per heavy atom. The highest BCUT2D eigenvalue weighted by Crippen LogP contribution is 2.21. The van der Waals surface area contributed by atoms with Gasteiger partial charge in [-0.05, 0) is 42.1 Å². The predicted octanol–water partition coefficient (Wildman–Crippen LogP) is 3.30. The molecule has 128 valence electrons. The van der Waals surface area contributed by atoms with Gasteiger partial charge in [-0.2, -0.15) is 0 Å². The lowest BCUT2D eigenvalue weighted by atomic mass is 10.2. The predicted molar refractivity (Wildman–Crippen MR) is 99.3 cm³/mol. The summed E-state index contributed by atoms with van der Waals surface area (Å²) in [5, 5.41) is 4.68. The fourth-order valence-electron chi connectivity index (χ4n) is 2.30. The van der Waals surface area contributed by atoms with Gasteiger partial charge in [0, 0.05) is 6.54 Å². The molecule has 2 heterocycles. The van der Waals surface area contributed by atoms with Crippen molar-refractivity contribution in [2.75, 3.05) is 13.2 Å². The number of hydrogen-bond donors (Lipinski definition) is 2. The van der Waals surface area contributed by atoms with Crippen molar-refractivity contribution in [2.24, 2.45) is 0 Å². The SMILES string of the molecule is O=C(NCCCOc1ccccc1)c1ccc(-c2cccs2)[nH]c1=O. The van der Waals surface area contributed by atoms with Crippen LogP contribution in [0.3, 0.4) is 0 Å². The number of amides is 1. The van der Waals surface area contributed by atoms with Gasteiger partial charge >= 0.3 is 0 Å². The number of aromatic amines is 1. The first kappa shape index (κ1) is 17.0. The van der Waals surface area contributed by atoms with Crippen LogP contribution in [0.5, 0.6) is 5.75 Å². The van der Waals surface area contributed by atoms with Crippen LogP contribution in [0.1, 0.15) is 16.8 Å². The van der Waals surface area contributed by atoms with E-state index in [0.717, 1.165) is 10.6 Å². The summed E-state index contributed by atoms with van der Waals surface area (Å²) in [6.45, 7) is 0.940. The first-order valence-corrected chi connectivity index (χ1v) is 8.85. The Bertz CT molecular complexity index is 873. The van der Waals surface area contributed by atoms with Crippen LogP contribution in [0, 0.1) is 0 Å². The van der Waals surface area contributed by atoms with Crippen molar-refractivity contribution in [1.29, 1.82) is 0 Å². The van der Waals surface area contributed by atoms with Crippen molar-refractivity contribution in [2.45, 2.75) is 6.42 Å². The van der Waals surface area contributed by atoms with Gasteiger partial charge < -0.3 is 15.0 Å². The zero-order chi connectivity index (χ0) is 17.5. The number of hydrogen-bond acceptors (Lipinski definition) is 4. The van der Waals surface area contributed by atoms with Crippen LogP contribution in [0.4, 0.5) is 0 Å². The van der Waals surface area contributed by atoms with Gasteiger partial charge in [-0.25, -0.2) is 0 Å². The van der Waals surface area contributed by atoms with Crippen molar-refractivity contribution >= 4 is 17.2 Å². The number of H-pyrrole nitrogens is 1. The van der Waals surface area contributed by atoms with E-state index in [2.05, 4.69) is 10.3 Å². The zero-order valence-corrected chi connectivity index (χ0v) is 14.3. The average molecular weight is 354 g/mol. The molecule has 6 heteroatoms. The quantitative estimate of drug-likeness (QED) is 0.640. The average Bonchev–Trinajstić information content (AvgIpc) is 3.17. The van der Waals surface area contributed by atoms with Crippen LogP contribution in [0.2, 0.25) is 0 Å². The summed E-state index contributed by atoms with van der Waals surface area (Å²) in [7, 11) is 0. The molecule has 2 aromatic heterocycles. The number of para-hydroxylation sites is 1. The maximum absolute atomic E-state index is 12.1. The van der Waals surface area contributed by atoms with Crippen molar-refractivity contribution < 1.29 is 9.53 Å². The van der Waals surface area contributed by atoms with E-state index in [1.54, 1.807) is 12.1 Å². The lowest BCUT2D eigenvalue weighted by molar-refractivity contribution is 0.0950. The minimum absolute atomic E-state index is 0.115. The highest BCUT2D eigenvalue weighted by molar-refractivity contribution is 7.13. The number of pyridine rings is 1. The number of nitrogens with one attached hydrogen (secondary N) is 2. The van der Waals surface area contributed by atoms with E-state index in [4.69, 9.17) is 4.74 Å². The number of ether oxygens (including phenoxy) is 1. The van der Waals surface area contributed by atoms with Gasteiger partial charge in [0.15, 0.2) is 0 Å². The number of thiophene rings is 1. The number of aromatic nitrogens is 1. The second-order valence-electron chi connectivity index (χ2n) is 5.36.